The van der Waals surface area contributed by atoms with Crippen LogP contribution in [-0.4, -0.2) is 9.13 Å². The van der Waals surface area contributed by atoms with Crippen molar-refractivity contribution in [2.45, 2.75) is 51.5 Å². The van der Waals surface area contributed by atoms with Gasteiger partial charge in [-0.05, 0) is 88.9 Å². The highest BCUT2D eigenvalue weighted by Gasteiger charge is 2.30. The average Bonchev–Trinajstić information content (AvgIpc) is 3.62. The number of rotatable bonds is 2. The summed E-state index contributed by atoms with van der Waals surface area (Å²) in [7, 11) is 0. The Morgan fingerprint density at radius 3 is 2.33 bits per heavy atom. The van der Waals surface area contributed by atoms with E-state index in [2.05, 4.69) is 131 Å². The topological polar surface area (TPSA) is 9.86 Å². The van der Waals surface area contributed by atoms with E-state index in [9.17, 15) is 0 Å². The quantitative estimate of drug-likeness (QED) is 0.180. The maximum Gasteiger partial charge on any atom is 0.0622 e. The molecule has 0 N–H and O–H groups in total. The van der Waals surface area contributed by atoms with Gasteiger partial charge in [-0.2, -0.15) is 0 Å². The van der Waals surface area contributed by atoms with Gasteiger partial charge in [0.2, 0.25) is 0 Å². The summed E-state index contributed by atoms with van der Waals surface area (Å²) >= 11 is 0. The Labute approximate surface area is 262 Å². The Kier molecular flexibility index (Phi) is 5.43. The second kappa shape index (κ2) is 9.59. The summed E-state index contributed by atoms with van der Waals surface area (Å²) in [5, 5.41) is 13.8. The van der Waals surface area contributed by atoms with Crippen molar-refractivity contribution < 1.29 is 0 Å². The van der Waals surface area contributed by atoms with E-state index < -0.39 is 0 Å². The Hall–Kier alpha value is -4.82. The van der Waals surface area contributed by atoms with Gasteiger partial charge in [0.25, 0.3) is 0 Å². The number of hydrogen-bond donors (Lipinski definition) is 0. The predicted molar refractivity (Wildman–Crippen MR) is 193 cm³/mol. The van der Waals surface area contributed by atoms with E-state index in [1.807, 2.05) is 0 Å². The Morgan fingerprint density at radius 2 is 1.44 bits per heavy atom. The van der Waals surface area contributed by atoms with Crippen LogP contribution in [0.1, 0.15) is 56.3 Å². The molecule has 45 heavy (non-hydrogen) atoms. The van der Waals surface area contributed by atoms with Crippen LogP contribution in [0.4, 0.5) is 0 Å². The molecule has 7 aromatic rings. The van der Waals surface area contributed by atoms with Crippen LogP contribution >= 0.6 is 0 Å². The minimum absolute atomic E-state index is 0.415. The Bertz CT molecular complexity index is 2570. The monoisotopic (exact) mass is 580 g/mol. The van der Waals surface area contributed by atoms with Gasteiger partial charge in [-0.15, -0.1) is 0 Å². The maximum absolute atomic E-state index is 2.72. The van der Waals surface area contributed by atoms with E-state index in [-0.39, 0.29) is 0 Å². The average molecular weight is 581 g/mol. The largest absolute Gasteiger partial charge is 0.338 e. The second-order valence-corrected chi connectivity index (χ2v) is 13.4. The number of fused-ring (bicyclic) bond motifs is 13. The van der Waals surface area contributed by atoms with Crippen molar-refractivity contribution in [3.05, 3.63) is 119 Å². The Morgan fingerprint density at radius 1 is 0.667 bits per heavy atom. The summed E-state index contributed by atoms with van der Waals surface area (Å²) in [5.41, 5.74) is 7.17. The highest BCUT2D eigenvalue weighted by molar-refractivity contribution is 6.37. The first-order valence-corrected chi connectivity index (χ1v) is 16.8. The van der Waals surface area contributed by atoms with E-state index in [0.717, 1.165) is 25.7 Å². The fraction of sp³-hybridized carbons (Fsp3) is 0.209. The molecule has 2 heterocycles. The van der Waals surface area contributed by atoms with Crippen LogP contribution in [0, 0.1) is 5.92 Å². The first kappa shape index (κ1) is 25.5. The molecule has 5 aromatic carbocycles. The first-order chi connectivity index (χ1) is 22.3. The number of allylic oxidation sites excluding steroid dienone is 3. The van der Waals surface area contributed by atoms with E-state index in [1.54, 1.807) is 5.56 Å². The lowest BCUT2D eigenvalue weighted by Gasteiger charge is -2.32. The summed E-state index contributed by atoms with van der Waals surface area (Å²) in [4.78, 5) is 0. The van der Waals surface area contributed by atoms with Crippen molar-refractivity contribution in [2.75, 3.05) is 0 Å². The lowest BCUT2D eigenvalue weighted by molar-refractivity contribution is 0.399. The van der Waals surface area contributed by atoms with Crippen molar-refractivity contribution in [3.63, 3.8) is 0 Å². The van der Waals surface area contributed by atoms with Gasteiger partial charge < -0.3 is 9.13 Å². The molecule has 3 aliphatic rings. The molecular weight excluding hydrogens is 544 g/mol. The lowest BCUT2D eigenvalue weighted by atomic mass is 9.88. The molecule has 0 saturated carbocycles. The van der Waals surface area contributed by atoms with Crippen molar-refractivity contribution in [1.82, 2.24) is 9.13 Å². The van der Waals surface area contributed by atoms with Crippen LogP contribution in [0.15, 0.2) is 97.1 Å². The third-order valence-corrected chi connectivity index (χ3v) is 11.0. The van der Waals surface area contributed by atoms with Crippen LogP contribution in [-0.2, 0) is 6.42 Å². The third kappa shape index (κ3) is 3.51. The van der Waals surface area contributed by atoms with E-state index >= 15 is 0 Å². The zero-order chi connectivity index (χ0) is 29.6. The minimum atomic E-state index is 0.415. The molecule has 0 radical (unpaired) electrons. The molecule has 0 spiro atoms. The van der Waals surface area contributed by atoms with E-state index in [1.165, 1.54) is 88.9 Å². The summed E-state index contributed by atoms with van der Waals surface area (Å²) in [6.07, 6.45) is 19.3. The highest BCUT2D eigenvalue weighted by atomic mass is 15.0. The first-order valence-electron chi connectivity index (χ1n) is 16.8. The van der Waals surface area contributed by atoms with Crippen molar-refractivity contribution >= 4 is 78.0 Å². The number of para-hydroxylation sites is 1. The Balaban J connectivity index is 1.26. The number of benzene rings is 5. The predicted octanol–water partition coefficient (Wildman–Crippen LogP) is 9.88. The molecule has 0 saturated heterocycles. The van der Waals surface area contributed by atoms with Gasteiger partial charge in [0, 0.05) is 44.3 Å². The van der Waals surface area contributed by atoms with Gasteiger partial charge in [0.15, 0.2) is 0 Å². The smallest absolute Gasteiger partial charge is 0.0622 e. The van der Waals surface area contributed by atoms with E-state index in [0.29, 0.717) is 12.0 Å². The SMILES string of the molecule is CC1CC(n2c3c(c4c2=CCCC=4)CCC=C3)CC=C1n1c2ccccc2c2c3c4ccccc4ccc3c3ccccc3c21. The second-order valence-electron chi connectivity index (χ2n) is 13.4. The number of aromatic nitrogens is 2. The molecule has 2 aromatic heterocycles. The molecule has 2 nitrogen and oxygen atoms in total. The zero-order valence-electron chi connectivity index (χ0n) is 25.8. The molecule has 10 rings (SSSR count). The van der Waals surface area contributed by atoms with Gasteiger partial charge in [0.1, 0.15) is 0 Å². The normalized spacial score (nSPS) is 19.5. The van der Waals surface area contributed by atoms with Crippen LogP contribution in [0.3, 0.4) is 0 Å². The fourth-order valence-electron chi connectivity index (χ4n) is 9.15. The molecule has 0 amide bonds. The number of hydrogen-bond acceptors (Lipinski definition) is 0. The molecule has 3 aliphatic carbocycles. The van der Waals surface area contributed by atoms with Crippen LogP contribution in [0.2, 0.25) is 0 Å². The lowest BCUT2D eigenvalue weighted by Crippen LogP contribution is -2.35. The maximum atomic E-state index is 2.72. The molecule has 0 bridgehead atoms. The van der Waals surface area contributed by atoms with Crippen molar-refractivity contribution in [2.24, 2.45) is 5.92 Å². The number of nitrogens with zero attached hydrogens (tertiary/aromatic N) is 2. The van der Waals surface area contributed by atoms with Crippen LogP contribution in [0.5, 0.6) is 0 Å². The standard InChI is InChI=1S/C43H36N2/c1-27-26-29(44-38-19-9-6-15-32(38)33-16-7-10-20-39(33)44)23-25-37(27)45-40-21-11-8-18-36(40)42-41-30-13-3-2-12-28(30)22-24-34(41)31-14-4-5-17-35(31)43(42)45/h2-5,8-9,11-14,16-22,24-25,27,29H,6-7,10,15,23,26H2,1H3. The summed E-state index contributed by atoms with van der Waals surface area (Å²) in [6, 6.07) is 32.2. The van der Waals surface area contributed by atoms with Gasteiger partial charge in [0.05, 0.1) is 11.0 Å². The van der Waals surface area contributed by atoms with E-state index in [4.69, 9.17) is 0 Å². The minimum Gasteiger partial charge on any atom is -0.338 e. The van der Waals surface area contributed by atoms with Gasteiger partial charge in [-0.25, -0.2) is 0 Å². The molecule has 2 heteroatoms. The molecule has 218 valence electrons. The zero-order valence-corrected chi connectivity index (χ0v) is 25.8. The third-order valence-electron chi connectivity index (χ3n) is 11.0. The molecular formula is C43H36N2. The van der Waals surface area contributed by atoms with Gasteiger partial charge >= 0.3 is 0 Å². The molecule has 0 aliphatic heterocycles. The van der Waals surface area contributed by atoms with Gasteiger partial charge in [-0.3, -0.25) is 0 Å². The van der Waals surface area contributed by atoms with Crippen LogP contribution in [0.25, 0.3) is 78.0 Å². The van der Waals surface area contributed by atoms with Gasteiger partial charge in [-0.1, -0.05) is 110 Å². The highest BCUT2D eigenvalue weighted by Crippen LogP contribution is 2.47. The van der Waals surface area contributed by atoms with Crippen molar-refractivity contribution in [3.8, 4) is 0 Å². The van der Waals surface area contributed by atoms with Crippen molar-refractivity contribution in [1.29, 1.82) is 0 Å². The van der Waals surface area contributed by atoms with Crippen LogP contribution < -0.4 is 10.6 Å². The summed E-state index contributed by atoms with van der Waals surface area (Å²) in [5.74, 6) is 0.415. The summed E-state index contributed by atoms with van der Waals surface area (Å²) < 4.78 is 5.37. The molecule has 2 unspecified atom stereocenters. The molecule has 2 atom stereocenters. The molecule has 0 fully saturated rings. The fourth-order valence-corrected chi connectivity index (χ4v) is 9.15. The summed E-state index contributed by atoms with van der Waals surface area (Å²) in [6.45, 7) is 2.46.